The Morgan fingerprint density at radius 3 is 1.97 bits per heavy atom. The predicted molar refractivity (Wildman–Crippen MR) is 145 cm³/mol. The lowest BCUT2D eigenvalue weighted by atomic mass is 9.72. The number of nitrogen functional groups attached to an aromatic ring is 1. The van der Waals surface area contributed by atoms with E-state index in [9.17, 15) is 4.79 Å². The zero-order chi connectivity index (χ0) is 21.3. The highest BCUT2D eigenvalue weighted by atomic mass is 79.9. The maximum Gasteiger partial charge on any atom is 0.242 e. The van der Waals surface area contributed by atoms with E-state index in [4.69, 9.17) is 5.73 Å². The summed E-state index contributed by atoms with van der Waals surface area (Å²) in [7, 11) is 0. The number of pyridine rings is 1. The summed E-state index contributed by atoms with van der Waals surface area (Å²) in [4.78, 5) is 20.3. The smallest absolute Gasteiger partial charge is 0.242 e. The number of hydrogen-bond donors (Lipinski definition) is 1. The zero-order valence-corrected chi connectivity index (χ0v) is 21.4. The maximum absolute atomic E-state index is 14.2. The minimum atomic E-state index is -0.718. The van der Waals surface area contributed by atoms with Crippen LogP contribution in [0.1, 0.15) is 16.7 Å². The SMILES string of the molecule is Br.Br.Nc1ccc(CC2(Cc3ccncc3)C(=O)N(c3ccccc3)c3ccccc32)cc1. The van der Waals surface area contributed by atoms with Crippen LogP contribution in [-0.2, 0) is 23.1 Å². The molecule has 1 atom stereocenters. The largest absolute Gasteiger partial charge is 0.399 e. The van der Waals surface area contributed by atoms with Crippen LogP contribution in [0.4, 0.5) is 17.1 Å². The van der Waals surface area contributed by atoms with Crippen LogP contribution in [0.2, 0.25) is 0 Å². The van der Waals surface area contributed by atoms with Crippen LogP contribution in [-0.4, -0.2) is 10.9 Å². The first-order chi connectivity index (χ1) is 15.2. The van der Waals surface area contributed by atoms with Gasteiger partial charge in [0.05, 0.1) is 11.1 Å². The van der Waals surface area contributed by atoms with E-state index in [1.165, 1.54) is 0 Å². The molecule has 1 aromatic heterocycles. The molecule has 4 nitrogen and oxygen atoms in total. The lowest BCUT2D eigenvalue weighted by molar-refractivity contribution is -0.122. The number of aromatic nitrogens is 1. The Bertz CT molecular complexity index is 1220. The number of benzene rings is 3. The van der Waals surface area contributed by atoms with Crippen molar-refractivity contribution < 1.29 is 4.79 Å². The molecule has 6 heteroatoms. The average Bonchev–Trinajstić information content (AvgIpc) is 3.04. The molecule has 0 spiro atoms. The molecule has 1 unspecified atom stereocenters. The Balaban J connectivity index is 0.00000153. The molecule has 0 saturated heterocycles. The number of rotatable bonds is 5. The highest BCUT2D eigenvalue weighted by Gasteiger charge is 2.51. The zero-order valence-electron chi connectivity index (χ0n) is 17.9. The molecule has 1 amide bonds. The molecule has 0 fully saturated rings. The second kappa shape index (κ2) is 10.3. The number of hydrogen-bond acceptors (Lipinski definition) is 3. The Kier molecular flexibility index (Phi) is 7.72. The van der Waals surface area contributed by atoms with Gasteiger partial charge >= 0.3 is 0 Å². The van der Waals surface area contributed by atoms with Crippen molar-refractivity contribution in [3.8, 4) is 0 Å². The summed E-state index contributed by atoms with van der Waals surface area (Å²) >= 11 is 0. The second-order valence-electron chi connectivity index (χ2n) is 8.03. The number of nitrogens with zero attached hydrogens (tertiary/aromatic N) is 2. The van der Waals surface area contributed by atoms with Crippen LogP contribution in [0.15, 0.2) is 103 Å². The van der Waals surface area contributed by atoms with Crippen molar-refractivity contribution in [2.45, 2.75) is 18.3 Å². The van der Waals surface area contributed by atoms with E-state index < -0.39 is 5.41 Å². The van der Waals surface area contributed by atoms with Gasteiger partial charge in [-0.1, -0.05) is 48.5 Å². The quantitative estimate of drug-likeness (QED) is 0.292. The summed E-state index contributed by atoms with van der Waals surface area (Å²) in [5.74, 6) is 0.0912. The van der Waals surface area contributed by atoms with E-state index in [2.05, 4.69) is 11.1 Å². The lowest BCUT2D eigenvalue weighted by Crippen LogP contribution is -2.42. The van der Waals surface area contributed by atoms with Gasteiger partial charge < -0.3 is 5.73 Å². The fourth-order valence-electron chi connectivity index (χ4n) is 4.58. The van der Waals surface area contributed by atoms with Gasteiger partial charge in [0.2, 0.25) is 5.91 Å². The number of amides is 1. The van der Waals surface area contributed by atoms with Gasteiger partial charge in [-0.25, -0.2) is 0 Å². The molecule has 0 radical (unpaired) electrons. The van der Waals surface area contributed by atoms with Gasteiger partial charge in [0.1, 0.15) is 0 Å². The Morgan fingerprint density at radius 1 is 0.727 bits per heavy atom. The minimum absolute atomic E-state index is 0. The molecule has 0 bridgehead atoms. The number of para-hydroxylation sites is 2. The fraction of sp³-hybridized carbons (Fsp3) is 0.111. The molecule has 1 aliphatic rings. The minimum Gasteiger partial charge on any atom is -0.399 e. The van der Waals surface area contributed by atoms with Gasteiger partial charge in [0.25, 0.3) is 0 Å². The molecule has 33 heavy (non-hydrogen) atoms. The van der Waals surface area contributed by atoms with Crippen molar-refractivity contribution in [3.05, 3.63) is 120 Å². The summed E-state index contributed by atoms with van der Waals surface area (Å²) in [5, 5.41) is 0. The lowest BCUT2D eigenvalue weighted by Gasteiger charge is -2.29. The average molecular weight is 567 g/mol. The van der Waals surface area contributed by atoms with Gasteiger partial charge in [-0.3, -0.25) is 14.7 Å². The van der Waals surface area contributed by atoms with E-state index in [-0.39, 0.29) is 39.9 Å². The van der Waals surface area contributed by atoms with E-state index in [0.717, 1.165) is 33.8 Å². The first-order valence-electron chi connectivity index (χ1n) is 10.4. The number of carbonyl (C=O) groups excluding carboxylic acids is 1. The van der Waals surface area contributed by atoms with Crippen molar-refractivity contribution in [2.24, 2.45) is 0 Å². The van der Waals surface area contributed by atoms with Crippen molar-refractivity contribution in [3.63, 3.8) is 0 Å². The monoisotopic (exact) mass is 565 g/mol. The number of anilines is 3. The van der Waals surface area contributed by atoms with Gasteiger partial charge in [-0.2, -0.15) is 0 Å². The second-order valence-corrected chi connectivity index (χ2v) is 8.03. The Morgan fingerprint density at radius 2 is 1.30 bits per heavy atom. The standard InChI is InChI=1S/C27H23N3O.2BrH/c28-22-12-10-20(11-13-22)18-27(19-21-14-16-29-17-15-21)24-8-4-5-9-25(24)30(26(27)31)23-6-2-1-3-7-23;;/h1-17H,18-19,28H2;2*1H. The number of halogens is 2. The number of nitrogens with two attached hydrogens (primary N) is 1. The third kappa shape index (κ3) is 4.59. The van der Waals surface area contributed by atoms with Crippen molar-refractivity contribution in [2.75, 3.05) is 10.6 Å². The van der Waals surface area contributed by atoms with Crippen molar-refractivity contribution in [1.82, 2.24) is 4.98 Å². The molecule has 0 saturated carbocycles. The molecular weight excluding hydrogens is 542 g/mol. The Hall–Kier alpha value is -2.96. The molecule has 4 aromatic rings. The predicted octanol–water partition coefficient (Wildman–Crippen LogP) is 6.22. The molecule has 0 aliphatic carbocycles. The van der Waals surface area contributed by atoms with Crippen molar-refractivity contribution >= 4 is 56.9 Å². The van der Waals surface area contributed by atoms with Gasteiger partial charge in [0.15, 0.2) is 0 Å². The summed E-state index contributed by atoms with van der Waals surface area (Å²) in [6.45, 7) is 0. The molecule has 3 aromatic carbocycles. The van der Waals surface area contributed by atoms with E-state index in [0.29, 0.717) is 12.8 Å². The molecular formula is C27H25Br2N3O. The summed E-state index contributed by atoms with van der Waals surface area (Å²) in [6.07, 6.45) is 4.76. The highest BCUT2D eigenvalue weighted by Crippen LogP contribution is 2.48. The molecule has 1 aliphatic heterocycles. The van der Waals surface area contributed by atoms with Gasteiger partial charge in [0, 0.05) is 23.8 Å². The van der Waals surface area contributed by atoms with Crippen LogP contribution in [0.25, 0.3) is 0 Å². The van der Waals surface area contributed by atoms with Gasteiger partial charge in [-0.05, 0) is 72.0 Å². The summed E-state index contributed by atoms with van der Waals surface area (Å²) in [5.41, 5.74) is 11.0. The fourth-order valence-corrected chi connectivity index (χ4v) is 4.58. The summed E-state index contributed by atoms with van der Waals surface area (Å²) in [6, 6.07) is 29.8. The van der Waals surface area contributed by atoms with Crippen LogP contribution in [0.5, 0.6) is 0 Å². The third-order valence-electron chi connectivity index (χ3n) is 6.03. The van der Waals surface area contributed by atoms with Gasteiger partial charge in [-0.15, -0.1) is 34.0 Å². The van der Waals surface area contributed by atoms with Crippen LogP contribution in [0, 0.1) is 0 Å². The molecule has 2 heterocycles. The maximum atomic E-state index is 14.2. The number of fused-ring (bicyclic) bond motifs is 1. The molecule has 168 valence electrons. The van der Waals surface area contributed by atoms with Crippen molar-refractivity contribution in [1.29, 1.82) is 0 Å². The van der Waals surface area contributed by atoms with E-state index in [1.807, 2.05) is 89.8 Å². The van der Waals surface area contributed by atoms with E-state index >= 15 is 0 Å². The topological polar surface area (TPSA) is 59.2 Å². The first-order valence-corrected chi connectivity index (χ1v) is 10.4. The first kappa shape index (κ1) is 24.7. The molecule has 2 N–H and O–H groups in total. The van der Waals surface area contributed by atoms with E-state index in [1.54, 1.807) is 12.4 Å². The van der Waals surface area contributed by atoms with Crippen LogP contribution < -0.4 is 10.6 Å². The Labute approximate surface area is 215 Å². The molecule has 5 rings (SSSR count). The van der Waals surface area contributed by atoms with Crippen LogP contribution in [0.3, 0.4) is 0 Å². The highest BCUT2D eigenvalue weighted by molar-refractivity contribution is 8.93. The normalized spacial score (nSPS) is 16.5. The summed E-state index contributed by atoms with van der Waals surface area (Å²) < 4.78 is 0. The number of carbonyl (C=O) groups is 1. The van der Waals surface area contributed by atoms with Crippen LogP contribution >= 0.6 is 34.0 Å². The third-order valence-corrected chi connectivity index (χ3v) is 6.03.